The molecule has 0 fully saturated rings. The lowest BCUT2D eigenvalue weighted by Crippen LogP contribution is -2.14. The molecule has 1 N–H and O–H groups in total. The van der Waals surface area contributed by atoms with Gasteiger partial charge in [-0.25, -0.2) is 9.59 Å². The Morgan fingerprint density at radius 1 is 1.36 bits per heavy atom. The summed E-state index contributed by atoms with van der Waals surface area (Å²) in [5.41, 5.74) is -0.395. The molecule has 0 radical (unpaired) electrons. The van der Waals surface area contributed by atoms with Crippen molar-refractivity contribution in [3.8, 4) is 0 Å². The maximum atomic E-state index is 11.3. The molecule has 2 rings (SSSR count). The number of benzene rings is 1. The van der Waals surface area contributed by atoms with E-state index in [1.54, 1.807) is 12.1 Å². The summed E-state index contributed by atoms with van der Waals surface area (Å²) in [6, 6.07) is 3.18. The number of hydrogen-bond acceptors (Lipinski definition) is 3. The Kier molecular flexibility index (Phi) is 2.20. The largest absolute Gasteiger partial charge is 0.419 e. The predicted octanol–water partition coefficient (Wildman–Crippen LogP) is 1.90. The normalized spacial score (nSPS) is 10.7. The van der Waals surface area contributed by atoms with Gasteiger partial charge in [0.2, 0.25) is 0 Å². The molecule has 0 aliphatic rings. The van der Waals surface area contributed by atoms with Crippen LogP contribution in [0.1, 0.15) is 0 Å². The van der Waals surface area contributed by atoms with Crippen molar-refractivity contribution in [2.75, 3.05) is 0 Å². The zero-order valence-electron chi connectivity index (χ0n) is 6.64. The average molecular weight is 276 g/mol. The van der Waals surface area contributed by atoms with Crippen LogP contribution >= 0.6 is 27.5 Å². The van der Waals surface area contributed by atoms with Gasteiger partial charge in [-0.3, -0.25) is 4.98 Å². The Labute approximate surface area is 90.6 Å². The molecule has 0 atom stereocenters. The zero-order valence-corrected chi connectivity index (χ0v) is 8.98. The van der Waals surface area contributed by atoms with E-state index in [-0.39, 0.29) is 10.4 Å². The second kappa shape index (κ2) is 3.25. The number of hydrogen-bond donors (Lipinski definition) is 1. The monoisotopic (exact) mass is 275 g/mol. The predicted molar refractivity (Wildman–Crippen MR) is 55.8 cm³/mol. The highest BCUT2D eigenvalue weighted by molar-refractivity contribution is 9.10. The van der Waals surface area contributed by atoms with Crippen LogP contribution in [0.3, 0.4) is 0 Å². The van der Waals surface area contributed by atoms with Crippen molar-refractivity contribution in [3.63, 3.8) is 0 Å². The molecule has 1 aromatic heterocycles. The highest BCUT2D eigenvalue weighted by Crippen LogP contribution is 2.24. The molecule has 6 heteroatoms. The van der Waals surface area contributed by atoms with Gasteiger partial charge in [0.15, 0.2) is 0 Å². The second-order valence-electron chi connectivity index (χ2n) is 2.58. The minimum atomic E-state index is -0.800. The van der Waals surface area contributed by atoms with Gasteiger partial charge in [0.1, 0.15) is 5.39 Å². The van der Waals surface area contributed by atoms with E-state index in [1.807, 2.05) is 0 Å². The number of fused-ring (bicyclic) bond motifs is 1. The van der Waals surface area contributed by atoms with Crippen molar-refractivity contribution in [1.82, 2.24) is 4.98 Å². The fourth-order valence-electron chi connectivity index (χ4n) is 1.14. The van der Waals surface area contributed by atoms with Gasteiger partial charge >= 0.3 is 11.4 Å². The average Bonchev–Trinajstić information content (AvgIpc) is 2.10. The van der Waals surface area contributed by atoms with E-state index in [2.05, 4.69) is 25.3 Å². The second-order valence-corrected chi connectivity index (χ2v) is 3.84. The van der Waals surface area contributed by atoms with Crippen molar-refractivity contribution in [1.29, 1.82) is 0 Å². The van der Waals surface area contributed by atoms with Crippen LogP contribution in [-0.2, 0) is 0 Å². The third-order valence-electron chi connectivity index (χ3n) is 1.72. The lowest BCUT2D eigenvalue weighted by Gasteiger charge is -1.99. The summed E-state index contributed by atoms with van der Waals surface area (Å²) in [7, 11) is 0. The Bertz CT molecular complexity index is 616. The van der Waals surface area contributed by atoms with Gasteiger partial charge in [0.05, 0.1) is 10.5 Å². The number of aromatic nitrogens is 1. The molecule has 72 valence electrons. The number of halogens is 2. The molecule has 1 heterocycles. The lowest BCUT2D eigenvalue weighted by atomic mass is 10.2. The molecule has 0 amide bonds. The van der Waals surface area contributed by atoms with Crippen LogP contribution in [0.4, 0.5) is 0 Å². The van der Waals surface area contributed by atoms with Crippen molar-refractivity contribution < 1.29 is 4.42 Å². The summed E-state index contributed by atoms with van der Waals surface area (Å²) in [6.45, 7) is 0. The van der Waals surface area contributed by atoms with E-state index in [4.69, 9.17) is 11.6 Å². The number of aromatic amines is 1. The maximum absolute atomic E-state index is 11.3. The highest BCUT2D eigenvalue weighted by Gasteiger charge is 2.09. The van der Waals surface area contributed by atoms with Gasteiger partial charge in [0.25, 0.3) is 0 Å². The molecule has 0 bridgehead atoms. The molecule has 14 heavy (non-hydrogen) atoms. The molecule has 0 aliphatic carbocycles. The molecule has 0 saturated heterocycles. The smallest absolute Gasteiger partial charge is 0.372 e. The van der Waals surface area contributed by atoms with Crippen LogP contribution in [0.5, 0.6) is 0 Å². The van der Waals surface area contributed by atoms with Gasteiger partial charge in [0, 0.05) is 4.47 Å². The van der Waals surface area contributed by atoms with E-state index in [9.17, 15) is 9.59 Å². The minimum absolute atomic E-state index is 0.167. The third kappa shape index (κ3) is 1.38. The summed E-state index contributed by atoms with van der Waals surface area (Å²) in [6.07, 6.45) is 0. The highest BCUT2D eigenvalue weighted by atomic mass is 79.9. The van der Waals surface area contributed by atoms with E-state index >= 15 is 0 Å². The molecule has 0 unspecified atom stereocenters. The van der Waals surface area contributed by atoms with Crippen LogP contribution in [0.15, 0.2) is 30.6 Å². The summed E-state index contributed by atoms with van der Waals surface area (Å²) in [5.74, 6) is -0.800. The Balaban J connectivity index is 3.16. The molecule has 2 aromatic rings. The fraction of sp³-hybridized carbons (Fsp3) is 0. The van der Waals surface area contributed by atoms with Crippen LogP contribution in [0.2, 0.25) is 5.02 Å². The van der Waals surface area contributed by atoms with Gasteiger partial charge in [-0.05, 0) is 28.1 Å². The fourth-order valence-corrected chi connectivity index (χ4v) is 1.80. The zero-order chi connectivity index (χ0) is 10.3. The van der Waals surface area contributed by atoms with Crippen LogP contribution in [-0.4, -0.2) is 4.98 Å². The Hall–Kier alpha value is -1.07. The SMILES string of the molecule is O=c1[nH]c2c(Br)ccc(Cl)c2c(=O)o1. The topological polar surface area (TPSA) is 63.1 Å². The first-order valence-corrected chi connectivity index (χ1v) is 4.78. The summed E-state index contributed by atoms with van der Waals surface area (Å²) < 4.78 is 4.94. The van der Waals surface area contributed by atoms with E-state index in [1.165, 1.54) is 0 Å². The first-order valence-electron chi connectivity index (χ1n) is 3.61. The third-order valence-corrected chi connectivity index (χ3v) is 2.70. The summed E-state index contributed by atoms with van der Waals surface area (Å²) in [5, 5.41) is 0.411. The molecular weight excluding hydrogens is 273 g/mol. The molecule has 0 saturated carbocycles. The van der Waals surface area contributed by atoms with Gasteiger partial charge < -0.3 is 4.42 Å². The summed E-state index contributed by atoms with van der Waals surface area (Å²) >= 11 is 8.97. The molecule has 0 aliphatic heterocycles. The maximum Gasteiger partial charge on any atom is 0.419 e. The lowest BCUT2D eigenvalue weighted by molar-refractivity contribution is 0.460. The van der Waals surface area contributed by atoms with Gasteiger partial charge in [-0.1, -0.05) is 11.6 Å². The van der Waals surface area contributed by atoms with Gasteiger partial charge in [-0.15, -0.1) is 0 Å². The Morgan fingerprint density at radius 2 is 2.07 bits per heavy atom. The first kappa shape index (κ1) is 9.48. The van der Waals surface area contributed by atoms with E-state index < -0.39 is 11.4 Å². The molecule has 1 aromatic carbocycles. The minimum Gasteiger partial charge on any atom is -0.372 e. The molecule has 4 nitrogen and oxygen atoms in total. The van der Waals surface area contributed by atoms with Crippen molar-refractivity contribution >= 4 is 38.4 Å². The van der Waals surface area contributed by atoms with E-state index in [0.717, 1.165) is 0 Å². The number of H-pyrrole nitrogens is 1. The van der Waals surface area contributed by atoms with Crippen molar-refractivity contribution in [3.05, 3.63) is 42.6 Å². The van der Waals surface area contributed by atoms with Gasteiger partial charge in [-0.2, -0.15) is 0 Å². The van der Waals surface area contributed by atoms with Crippen LogP contribution < -0.4 is 11.4 Å². The van der Waals surface area contributed by atoms with Crippen molar-refractivity contribution in [2.45, 2.75) is 0 Å². The number of rotatable bonds is 0. The first-order chi connectivity index (χ1) is 6.59. The standard InChI is InChI=1S/C8H3BrClNO3/c9-3-1-2-4(10)5-6(3)11-8(13)14-7(5)12/h1-2H,(H,11,13). The Morgan fingerprint density at radius 3 is 2.79 bits per heavy atom. The van der Waals surface area contributed by atoms with Crippen LogP contribution in [0, 0.1) is 0 Å². The summed E-state index contributed by atoms with van der Waals surface area (Å²) in [4.78, 5) is 24.5. The molecule has 0 spiro atoms. The van der Waals surface area contributed by atoms with E-state index in [0.29, 0.717) is 9.99 Å². The molecular formula is C8H3BrClNO3. The van der Waals surface area contributed by atoms with Crippen LogP contribution in [0.25, 0.3) is 10.9 Å². The van der Waals surface area contributed by atoms with Crippen molar-refractivity contribution in [2.24, 2.45) is 0 Å². The number of nitrogens with one attached hydrogen (secondary N) is 1. The quantitative estimate of drug-likeness (QED) is 0.799.